The first-order valence-electron chi connectivity index (χ1n) is 6.64. The van der Waals surface area contributed by atoms with E-state index in [1.54, 1.807) is 12.1 Å². The van der Waals surface area contributed by atoms with Crippen LogP contribution in [0.15, 0.2) is 46.0 Å². The van der Waals surface area contributed by atoms with Gasteiger partial charge in [0.2, 0.25) is 5.91 Å². The standard InChI is InChI=1S/C14H12FN5O3/c1-19-8-16-20(14(19)22)7-13(21)17-12-6-11(23-18-12)9-3-2-4-10(15)5-9/h2-6,8H,7H2,1H3,(H,17,18,21). The van der Waals surface area contributed by atoms with Crippen LogP contribution in [0.4, 0.5) is 10.2 Å². The first-order valence-corrected chi connectivity index (χ1v) is 6.64. The van der Waals surface area contributed by atoms with Gasteiger partial charge in [-0.2, -0.15) is 5.10 Å². The van der Waals surface area contributed by atoms with Crippen molar-refractivity contribution in [1.82, 2.24) is 19.5 Å². The smallest absolute Gasteiger partial charge is 0.345 e. The molecule has 2 aromatic heterocycles. The van der Waals surface area contributed by atoms with Crippen molar-refractivity contribution in [2.45, 2.75) is 6.54 Å². The number of benzene rings is 1. The maximum absolute atomic E-state index is 13.2. The molecule has 9 heteroatoms. The Morgan fingerprint density at radius 3 is 2.91 bits per heavy atom. The number of nitrogens with zero attached hydrogens (tertiary/aromatic N) is 4. The normalized spacial score (nSPS) is 10.7. The number of aromatic nitrogens is 4. The van der Waals surface area contributed by atoms with Crippen molar-refractivity contribution < 1.29 is 13.7 Å². The van der Waals surface area contributed by atoms with Crippen molar-refractivity contribution >= 4 is 11.7 Å². The molecule has 23 heavy (non-hydrogen) atoms. The molecule has 0 spiro atoms. The summed E-state index contributed by atoms with van der Waals surface area (Å²) in [6.07, 6.45) is 1.31. The van der Waals surface area contributed by atoms with E-state index in [9.17, 15) is 14.0 Å². The Morgan fingerprint density at radius 2 is 2.22 bits per heavy atom. The summed E-state index contributed by atoms with van der Waals surface area (Å²) in [5.74, 6) is -0.406. The molecular weight excluding hydrogens is 305 g/mol. The van der Waals surface area contributed by atoms with E-state index < -0.39 is 17.4 Å². The molecule has 8 nitrogen and oxygen atoms in total. The van der Waals surface area contributed by atoms with Gasteiger partial charge >= 0.3 is 5.69 Å². The van der Waals surface area contributed by atoms with Gasteiger partial charge in [0.25, 0.3) is 0 Å². The Bertz CT molecular complexity index is 911. The first-order chi connectivity index (χ1) is 11.0. The molecule has 0 fully saturated rings. The van der Waals surface area contributed by atoms with Crippen LogP contribution in [-0.4, -0.2) is 25.4 Å². The lowest BCUT2D eigenvalue weighted by atomic mass is 10.2. The monoisotopic (exact) mass is 317 g/mol. The number of carbonyl (C=O) groups is 1. The quantitative estimate of drug-likeness (QED) is 0.775. The lowest BCUT2D eigenvalue weighted by Crippen LogP contribution is -2.29. The van der Waals surface area contributed by atoms with Crippen LogP contribution in [-0.2, 0) is 18.4 Å². The Balaban J connectivity index is 1.70. The molecule has 118 valence electrons. The molecule has 0 aliphatic rings. The lowest BCUT2D eigenvalue weighted by molar-refractivity contribution is -0.117. The maximum Gasteiger partial charge on any atom is 0.345 e. The van der Waals surface area contributed by atoms with E-state index in [0.29, 0.717) is 11.3 Å². The zero-order valence-corrected chi connectivity index (χ0v) is 12.1. The predicted molar refractivity (Wildman–Crippen MR) is 78.0 cm³/mol. The third-order valence-corrected chi connectivity index (χ3v) is 3.07. The SMILES string of the molecule is Cn1cnn(CC(=O)Nc2cc(-c3cccc(F)c3)on2)c1=O. The molecule has 0 saturated carbocycles. The minimum absolute atomic E-state index is 0.165. The summed E-state index contributed by atoms with van der Waals surface area (Å²) < 4.78 is 20.5. The zero-order chi connectivity index (χ0) is 16.4. The second kappa shape index (κ2) is 5.87. The van der Waals surface area contributed by atoms with Gasteiger partial charge in [0, 0.05) is 18.7 Å². The lowest BCUT2D eigenvalue weighted by Gasteiger charge is -1.99. The highest BCUT2D eigenvalue weighted by Crippen LogP contribution is 2.22. The van der Waals surface area contributed by atoms with Gasteiger partial charge in [0.05, 0.1) is 0 Å². The van der Waals surface area contributed by atoms with Crippen molar-refractivity contribution in [3.05, 3.63) is 53.0 Å². The third-order valence-electron chi connectivity index (χ3n) is 3.07. The average Bonchev–Trinajstić information content (AvgIpc) is 3.09. The van der Waals surface area contributed by atoms with Crippen LogP contribution in [0.25, 0.3) is 11.3 Å². The van der Waals surface area contributed by atoms with E-state index in [-0.39, 0.29) is 12.4 Å². The summed E-state index contributed by atoms with van der Waals surface area (Å²) in [6.45, 7) is -0.248. The molecule has 0 aliphatic heterocycles. The van der Waals surface area contributed by atoms with Gasteiger partial charge < -0.3 is 9.84 Å². The maximum atomic E-state index is 13.2. The summed E-state index contributed by atoms with van der Waals surface area (Å²) in [4.78, 5) is 23.5. The molecule has 0 atom stereocenters. The number of aryl methyl sites for hydroxylation is 1. The Labute approximate surface area is 129 Å². The number of anilines is 1. The molecule has 1 amide bonds. The van der Waals surface area contributed by atoms with Crippen molar-refractivity contribution in [3.63, 3.8) is 0 Å². The number of hydrogen-bond donors (Lipinski definition) is 1. The summed E-state index contributed by atoms with van der Waals surface area (Å²) in [5.41, 5.74) is 0.0969. The van der Waals surface area contributed by atoms with Gasteiger partial charge in [0.15, 0.2) is 11.6 Å². The van der Waals surface area contributed by atoms with Crippen LogP contribution in [0.3, 0.4) is 0 Å². The molecule has 2 heterocycles. The molecule has 1 N–H and O–H groups in total. The van der Waals surface area contributed by atoms with Crippen molar-refractivity contribution in [2.24, 2.45) is 7.05 Å². The number of halogens is 1. The molecular formula is C14H12FN5O3. The van der Waals surface area contributed by atoms with E-state index in [2.05, 4.69) is 15.6 Å². The number of rotatable bonds is 4. The van der Waals surface area contributed by atoms with E-state index >= 15 is 0 Å². The fourth-order valence-corrected chi connectivity index (χ4v) is 1.96. The molecule has 0 unspecified atom stereocenters. The van der Waals surface area contributed by atoms with Gasteiger partial charge in [-0.1, -0.05) is 17.3 Å². The largest absolute Gasteiger partial charge is 0.354 e. The minimum Gasteiger partial charge on any atom is -0.354 e. The molecule has 3 rings (SSSR count). The van der Waals surface area contributed by atoms with E-state index in [4.69, 9.17) is 4.52 Å². The van der Waals surface area contributed by atoms with Crippen LogP contribution in [0.2, 0.25) is 0 Å². The summed E-state index contributed by atoms with van der Waals surface area (Å²) in [6, 6.07) is 7.27. The van der Waals surface area contributed by atoms with Crippen LogP contribution >= 0.6 is 0 Å². The van der Waals surface area contributed by atoms with Gasteiger partial charge in [-0.05, 0) is 12.1 Å². The molecule has 3 aromatic rings. The van der Waals surface area contributed by atoms with E-state index in [0.717, 1.165) is 4.68 Å². The molecule has 0 bridgehead atoms. The highest BCUT2D eigenvalue weighted by atomic mass is 19.1. The van der Waals surface area contributed by atoms with Gasteiger partial charge in [-0.15, -0.1) is 0 Å². The molecule has 0 radical (unpaired) electrons. The van der Waals surface area contributed by atoms with Crippen molar-refractivity contribution in [1.29, 1.82) is 0 Å². The first kappa shape index (κ1) is 14.7. The number of hydrogen-bond acceptors (Lipinski definition) is 5. The predicted octanol–water partition coefficient (Wildman–Crippen LogP) is 1.01. The van der Waals surface area contributed by atoms with Crippen molar-refractivity contribution in [2.75, 3.05) is 5.32 Å². The highest BCUT2D eigenvalue weighted by Gasteiger charge is 2.12. The number of amides is 1. The van der Waals surface area contributed by atoms with Crippen molar-refractivity contribution in [3.8, 4) is 11.3 Å². The minimum atomic E-state index is -0.482. The average molecular weight is 317 g/mol. The second-order valence-corrected chi connectivity index (χ2v) is 4.82. The fourth-order valence-electron chi connectivity index (χ4n) is 1.96. The Hall–Kier alpha value is -3.23. The topological polar surface area (TPSA) is 95.0 Å². The van der Waals surface area contributed by atoms with E-state index in [1.807, 2.05) is 0 Å². The summed E-state index contributed by atoms with van der Waals surface area (Å²) >= 11 is 0. The summed E-state index contributed by atoms with van der Waals surface area (Å²) in [5, 5.41) is 9.95. The van der Waals surface area contributed by atoms with E-state index in [1.165, 1.54) is 36.1 Å². The zero-order valence-electron chi connectivity index (χ0n) is 12.1. The number of carbonyl (C=O) groups excluding carboxylic acids is 1. The Morgan fingerprint density at radius 1 is 1.39 bits per heavy atom. The third kappa shape index (κ3) is 3.18. The highest BCUT2D eigenvalue weighted by molar-refractivity contribution is 5.89. The molecule has 0 aliphatic carbocycles. The van der Waals surface area contributed by atoms with Gasteiger partial charge in [-0.3, -0.25) is 9.36 Å². The fraction of sp³-hybridized carbons (Fsp3) is 0.143. The van der Waals surface area contributed by atoms with Crippen LogP contribution < -0.4 is 11.0 Å². The van der Waals surface area contributed by atoms with Crippen LogP contribution in [0.1, 0.15) is 0 Å². The van der Waals surface area contributed by atoms with Gasteiger partial charge in [0.1, 0.15) is 18.7 Å². The molecule has 1 aromatic carbocycles. The van der Waals surface area contributed by atoms with Gasteiger partial charge in [-0.25, -0.2) is 13.9 Å². The Kier molecular flexibility index (Phi) is 3.75. The van der Waals surface area contributed by atoms with Crippen LogP contribution in [0, 0.1) is 5.82 Å². The summed E-state index contributed by atoms with van der Waals surface area (Å²) in [7, 11) is 1.53. The number of nitrogens with one attached hydrogen (secondary N) is 1. The van der Waals surface area contributed by atoms with Crippen LogP contribution in [0.5, 0.6) is 0 Å². The second-order valence-electron chi connectivity index (χ2n) is 4.82. The molecule has 0 saturated heterocycles.